The first-order chi connectivity index (χ1) is 10.6. The highest BCUT2D eigenvalue weighted by Gasteiger charge is 2.32. The van der Waals surface area contributed by atoms with Gasteiger partial charge in [0, 0.05) is 18.3 Å². The van der Waals surface area contributed by atoms with Gasteiger partial charge in [0.25, 0.3) is 0 Å². The van der Waals surface area contributed by atoms with Crippen LogP contribution in [-0.2, 0) is 9.59 Å². The number of anilines is 1. The van der Waals surface area contributed by atoms with Gasteiger partial charge in [-0.1, -0.05) is 17.7 Å². The van der Waals surface area contributed by atoms with Crippen molar-refractivity contribution in [1.82, 2.24) is 10.2 Å². The second-order valence-electron chi connectivity index (χ2n) is 6.42. The maximum absolute atomic E-state index is 12.1. The first-order valence-electron chi connectivity index (χ1n) is 7.99. The fourth-order valence-electron chi connectivity index (χ4n) is 2.78. The number of aryl methyl sites for hydroxylation is 1. The molecule has 1 aromatic rings. The van der Waals surface area contributed by atoms with Gasteiger partial charge in [-0.15, -0.1) is 0 Å². The molecule has 1 aliphatic carbocycles. The number of benzene rings is 1. The largest absolute Gasteiger partial charge is 0.353 e. The zero-order valence-corrected chi connectivity index (χ0v) is 13.0. The number of hydrogen-bond acceptors (Lipinski definition) is 3. The number of nitrogens with one attached hydrogen (secondary N) is 2. The summed E-state index contributed by atoms with van der Waals surface area (Å²) in [5, 5.41) is 5.95. The Morgan fingerprint density at radius 2 is 1.91 bits per heavy atom. The zero-order chi connectivity index (χ0) is 15.5. The maximum atomic E-state index is 12.1. The molecular formula is C17H23N3O2. The van der Waals surface area contributed by atoms with E-state index in [-0.39, 0.29) is 17.7 Å². The maximum Gasteiger partial charge on any atom is 0.238 e. The molecule has 1 saturated carbocycles. The number of nitrogens with zero attached hydrogens (tertiary/aromatic N) is 1. The van der Waals surface area contributed by atoms with Gasteiger partial charge in [-0.25, -0.2) is 0 Å². The monoisotopic (exact) mass is 301 g/mol. The van der Waals surface area contributed by atoms with Gasteiger partial charge in [0.1, 0.15) is 0 Å². The van der Waals surface area contributed by atoms with Gasteiger partial charge >= 0.3 is 0 Å². The van der Waals surface area contributed by atoms with Crippen LogP contribution in [0, 0.1) is 12.8 Å². The lowest BCUT2D eigenvalue weighted by Crippen LogP contribution is -2.36. The van der Waals surface area contributed by atoms with Crippen LogP contribution in [0.3, 0.4) is 0 Å². The van der Waals surface area contributed by atoms with E-state index in [1.807, 2.05) is 31.2 Å². The quantitative estimate of drug-likeness (QED) is 0.867. The van der Waals surface area contributed by atoms with E-state index < -0.39 is 0 Å². The standard InChI is InChI=1S/C17H23N3O2/c1-12-2-4-14(5-3-12)18-16(21)11-20-9-8-13(10-20)17(22)19-15-6-7-15/h2-5,13,15H,6-11H2,1H3,(H,18,21)(H,19,22). The van der Waals surface area contributed by atoms with Crippen LogP contribution in [-0.4, -0.2) is 42.4 Å². The summed E-state index contributed by atoms with van der Waals surface area (Å²) in [6, 6.07) is 8.17. The lowest BCUT2D eigenvalue weighted by Gasteiger charge is -2.15. The minimum absolute atomic E-state index is 0.0212. The van der Waals surface area contributed by atoms with Gasteiger partial charge in [-0.05, 0) is 44.9 Å². The van der Waals surface area contributed by atoms with Crippen molar-refractivity contribution in [2.45, 2.75) is 32.2 Å². The topological polar surface area (TPSA) is 61.4 Å². The third kappa shape index (κ3) is 4.07. The molecular weight excluding hydrogens is 278 g/mol. The molecule has 1 atom stereocenters. The van der Waals surface area contributed by atoms with Crippen LogP contribution in [0.2, 0.25) is 0 Å². The van der Waals surface area contributed by atoms with E-state index in [4.69, 9.17) is 0 Å². The number of carbonyl (C=O) groups is 2. The number of likely N-dealkylation sites (tertiary alicyclic amines) is 1. The van der Waals surface area contributed by atoms with Gasteiger partial charge in [0.05, 0.1) is 12.5 Å². The molecule has 1 saturated heterocycles. The fourth-order valence-corrected chi connectivity index (χ4v) is 2.78. The molecule has 22 heavy (non-hydrogen) atoms. The Kier molecular flexibility index (Phi) is 4.43. The molecule has 2 N–H and O–H groups in total. The molecule has 0 spiro atoms. The predicted molar refractivity (Wildman–Crippen MR) is 85.5 cm³/mol. The van der Waals surface area contributed by atoms with E-state index >= 15 is 0 Å². The van der Waals surface area contributed by atoms with Crippen molar-refractivity contribution in [2.24, 2.45) is 5.92 Å². The Morgan fingerprint density at radius 3 is 2.59 bits per heavy atom. The van der Waals surface area contributed by atoms with Crippen LogP contribution < -0.4 is 10.6 Å². The SMILES string of the molecule is Cc1ccc(NC(=O)CN2CCC(C(=O)NC3CC3)C2)cc1. The Balaban J connectivity index is 1.44. The van der Waals surface area contributed by atoms with E-state index in [1.54, 1.807) is 0 Å². The summed E-state index contributed by atoms with van der Waals surface area (Å²) < 4.78 is 0. The normalized spacial score (nSPS) is 21.6. The van der Waals surface area contributed by atoms with Crippen LogP contribution in [0.25, 0.3) is 0 Å². The van der Waals surface area contributed by atoms with E-state index in [9.17, 15) is 9.59 Å². The third-order valence-electron chi connectivity index (χ3n) is 4.27. The van der Waals surface area contributed by atoms with Crippen molar-refractivity contribution in [3.05, 3.63) is 29.8 Å². The molecule has 1 aliphatic heterocycles. The summed E-state index contributed by atoms with van der Waals surface area (Å²) in [6.45, 7) is 3.85. The fraction of sp³-hybridized carbons (Fsp3) is 0.529. The van der Waals surface area contributed by atoms with Gasteiger partial charge in [0.15, 0.2) is 0 Å². The highest BCUT2D eigenvalue weighted by atomic mass is 16.2. The molecule has 1 heterocycles. The summed E-state index contributed by atoms with van der Waals surface area (Å²) in [6.07, 6.45) is 3.07. The molecule has 0 aromatic heterocycles. The first-order valence-corrected chi connectivity index (χ1v) is 7.99. The van der Waals surface area contributed by atoms with Gasteiger partial charge in [-0.3, -0.25) is 14.5 Å². The van der Waals surface area contributed by atoms with E-state index in [0.29, 0.717) is 19.1 Å². The van der Waals surface area contributed by atoms with Crippen LogP contribution in [0.4, 0.5) is 5.69 Å². The smallest absolute Gasteiger partial charge is 0.238 e. The van der Waals surface area contributed by atoms with Crippen molar-refractivity contribution in [2.75, 3.05) is 25.0 Å². The van der Waals surface area contributed by atoms with Crippen molar-refractivity contribution in [3.63, 3.8) is 0 Å². The summed E-state index contributed by atoms with van der Waals surface area (Å²) in [4.78, 5) is 26.1. The molecule has 2 fully saturated rings. The highest BCUT2D eigenvalue weighted by molar-refractivity contribution is 5.92. The molecule has 1 aromatic carbocycles. The van der Waals surface area contributed by atoms with Crippen molar-refractivity contribution >= 4 is 17.5 Å². The first kappa shape index (κ1) is 15.0. The van der Waals surface area contributed by atoms with Crippen molar-refractivity contribution in [1.29, 1.82) is 0 Å². The average molecular weight is 301 g/mol. The van der Waals surface area contributed by atoms with Crippen LogP contribution >= 0.6 is 0 Å². The minimum Gasteiger partial charge on any atom is -0.353 e. The van der Waals surface area contributed by atoms with Gasteiger partial charge in [0.2, 0.25) is 11.8 Å². The molecule has 2 aliphatic rings. The Bertz CT molecular complexity index is 552. The Hall–Kier alpha value is -1.88. The van der Waals surface area contributed by atoms with Crippen molar-refractivity contribution in [3.8, 4) is 0 Å². The molecule has 1 unspecified atom stereocenters. The summed E-state index contributed by atoms with van der Waals surface area (Å²) >= 11 is 0. The van der Waals surface area contributed by atoms with E-state index in [2.05, 4.69) is 15.5 Å². The highest BCUT2D eigenvalue weighted by Crippen LogP contribution is 2.22. The second-order valence-corrected chi connectivity index (χ2v) is 6.42. The molecule has 0 radical (unpaired) electrons. The molecule has 0 bridgehead atoms. The number of amides is 2. The third-order valence-corrected chi connectivity index (χ3v) is 4.27. The molecule has 3 rings (SSSR count). The summed E-state index contributed by atoms with van der Waals surface area (Å²) in [5.74, 6) is 0.170. The average Bonchev–Trinajstić information content (AvgIpc) is 3.17. The van der Waals surface area contributed by atoms with Crippen molar-refractivity contribution < 1.29 is 9.59 Å². The van der Waals surface area contributed by atoms with Crippen LogP contribution in [0.15, 0.2) is 24.3 Å². The Morgan fingerprint density at radius 1 is 1.18 bits per heavy atom. The number of carbonyl (C=O) groups excluding carboxylic acids is 2. The van der Waals surface area contributed by atoms with E-state index in [1.165, 1.54) is 5.56 Å². The number of hydrogen-bond donors (Lipinski definition) is 2. The van der Waals surface area contributed by atoms with Crippen LogP contribution in [0.5, 0.6) is 0 Å². The zero-order valence-electron chi connectivity index (χ0n) is 13.0. The van der Waals surface area contributed by atoms with Gasteiger partial charge < -0.3 is 10.6 Å². The van der Waals surface area contributed by atoms with Crippen LogP contribution in [0.1, 0.15) is 24.8 Å². The Labute approximate surface area is 131 Å². The number of rotatable bonds is 5. The predicted octanol–water partition coefficient (Wildman–Crippen LogP) is 1.53. The lowest BCUT2D eigenvalue weighted by atomic mass is 10.1. The van der Waals surface area contributed by atoms with E-state index in [0.717, 1.165) is 31.5 Å². The minimum atomic E-state index is -0.0212. The summed E-state index contributed by atoms with van der Waals surface area (Å²) in [7, 11) is 0. The molecule has 118 valence electrons. The molecule has 5 nitrogen and oxygen atoms in total. The molecule has 5 heteroatoms. The second kappa shape index (κ2) is 6.48. The summed E-state index contributed by atoms with van der Waals surface area (Å²) in [5.41, 5.74) is 1.99. The molecule has 2 amide bonds. The van der Waals surface area contributed by atoms with Gasteiger partial charge in [-0.2, -0.15) is 0 Å². The lowest BCUT2D eigenvalue weighted by molar-refractivity contribution is -0.125.